The molecule has 1 aliphatic carbocycles. The predicted octanol–water partition coefficient (Wildman–Crippen LogP) is 3.10. The molecule has 5 nitrogen and oxygen atoms in total. The van der Waals surface area contributed by atoms with Crippen LogP contribution in [0.2, 0.25) is 0 Å². The molecule has 21 heavy (non-hydrogen) atoms. The number of amides is 1. The van der Waals surface area contributed by atoms with Gasteiger partial charge in [-0.15, -0.1) is 0 Å². The van der Waals surface area contributed by atoms with Gasteiger partial charge in [-0.25, -0.2) is 4.98 Å². The number of thiazole rings is 1. The van der Waals surface area contributed by atoms with Gasteiger partial charge in [0.05, 0.1) is 0 Å². The van der Waals surface area contributed by atoms with Gasteiger partial charge in [-0.1, -0.05) is 39.0 Å². The van der Waals surface area contributed by atoms with E-state index in [9.17, 15) is 4.79 Å². The first kappa shape index (κ1) is 16.1. The van der Waals surface area contributed by atoms with Gasteiger partial charge < -0.3 is 16.4 Å². The first-order valence-electron chi connectivity index (χ1n) is 7.37. The van der Waals surface area contributed by atoms with Gasteiger partial charge in [0.15, 0.2) is 5.13 Å². The number of carbonyl (C=O) groups is 1. The molecule has 0 bridgehead atoms. The third-order valence-electron chi connectivity index (χ3n) is 3.96. The Morgan fingerprint density at radius 3 is 2.33 bits per heavy atom. The molecule has 0 atom stereocenters. The van der Waals surface area contributed by atoms with Crippen LogP contribution in [0.5, 0.6) is 0 Å². The van der Waals surface area contributed by atoms with Gasteiger partial charge >= 0.3 is 0 Å². The Bertz CT molecular complexity index is 520. The Balaban J connectivity index is 2.10. The lowest BCUT2D eigenvalue weighted by molar-refractivity contribution is 0.0716. The number of hydrogen-bond acceptors (Lipinski definition) is 5. The molecule has 0 unspecified atom stereocenters. The Kier molecular flexibility index (Phi) is 4.19. The van der Waals surface area contributed by atoms with Crippen molar-refractivity contribution in [1.29, 1.82) is 0 Å². The fourth-order valence-electron chi connectivity index (χ4n) is 3.80. The highest BCUT2D eigenvalue weighted by molar-refractivity contribution is 7.18. The lowest BCUT2D eigenvalue weighted by atomic mass is 9.63. The van der Waals surface area contributed by atoms with Crippen LogP contribution < -0.4 is 16.4 Å². The van der Waals surface area contributed by atoms with Crippen molar-refractivity contribution in [3.05, 3.63) is 4.88 Å². The summed E-state index contributed by atoms with van der Waals surface area (Å²) in [6.45, 7) is 9.08. The number of carbonyl (C=O) groups excluding carboxylic acids is 1. The van der Waals surface area contributed by atoms with Gasteiger partial charge in [0.25, 0.3) is 5.91 Å². The molecule has 6 heteroatoms. The molecule has 0 aromatic carbocycles. The van der Waals surface area contributed by atoms with Crippen LogP contribution in [0.3, 0.4) is 0 Å². The summed E-state index contributed by atoms with van der Waals surface area (Å²) >= 11 is 1.30. The van der Waals surface area contributed by atoms with E-state index in [2.05, 4.69) is 43.3 Å². The molecule has 0 aliphatic heterocycles. The topological polar surface area (TPSA) is 80.0 Å². The molecule has 1 amide bonds. The van der Waals surface area contributed by atoms with E-state index in [-0.39, 0.29) is 22.8 Å². The molecule has 4 N–H and O–H groups in total. The second-order valence-electron chi connectivity index (χ2n) is 7.57. The number of anilines is 2. The van der Waals surface area contributed by atoms with Crippen LogP contribution in [0.25, 0.3) is 0 Å². The molecular formula is C15H26N4OS. The molecule has 1 aromatic rings. The molecule has 1 heterocycles. The maximum atomic E-state index is 12.4. The van der Waals surface area contributed by atoms with Gasteiger partial charge in [0, 0.05) is 13.1 Å². The number of nitrogens with zero attached hydrogens (tertiary/aromatic N) is 1. The standard InChI is InChI=1S/C15H26N4OS/c1-14(2)6-9(7-15(3,4)8-14)18-12(20)10-11(16)19-13(17-5)21-10/h9H,6-8,16H2,1-5H3,(H,17,19)(H,18,20). The van der Waals surface area contributed by atoms with E-state index in [1.807, 2.05) is 0 Å². The van der Waals surface area contributed by atoms with Crippen LogP contribution in [0, 0.1) is 10.8 Å². The summed E-state index contributed by atoms with van der Waals surface area (Å²) in [6.07, 6.45) is 3.18. The second-order valence-corrected chi connectivity index (χ2v) is 8.57. The Morgan fingerprint density at radius 2 is 1.86 bits per heavy atom. The summed E-state index contributed by atoms with van der Waals surface area (Å²) in [5.41, 5.74) is 6.32. The van der Waals surface area contributed by atoms with E-state index in [1.54, 1.807) is 7.05 Å². The van der Waals surface area contributed by atoms with Crippen LogP contribution in [-0.2, 0) is 0 Å². The first-order chi connectivity index (χ1) is 9.62. The maximum absolute atomic E-state index is 12.4. The van der Waals surface area contributed by atoms with Gasteiger partial charge in [0.1, 0.15) is 10.7 Å². The molecule has 0 saturated heterocycles. The summed E-state index contributed by atoms with van der Waals surface area (Å²) in [5.74, 6) is 0.196. The lowest BCUT2D eigenvalue weighted by Gasteiger charge is -2.45. The van der Waals surface area contributed by atoms with E-state index in [4.69, 9.17) is 5.73 Å². The van der Waals surface area contributed by atoms with Crippen LogP contribution in [0.15, 0.2) is 0 Å². The summed E-state index contributed by atoms with van der Waals surface area (Å²) < 4.78 is 0. The van der Waals surface area contributed by atoms with Crippen molar-refractivity contribution in [2.24, 2.45) is 10.8 Å². The minimum atomic E-state index is -0.106. The van der Waals surface area contributed by atoms with E-state index >= 15 is 0 Å². The minimum Gasteiger partial charge on any atom is -0.382 e. The van der Waals surface area contributed by atoms with E-state index in [1.165, 1.54) is 17.8 Å². The van der Waals surface area contributed by atoms with Gasteiger partial charge in [0.2, 0.25) is 0 Å². The smallest absolute Gasteiger partial charge is 0.265 e. The van der Waals surface area contributed by atoms with Crippen LogP contribution in [0.4, 0.5) is 10.9 Å². The maximum Gasteiger partial charge on any atom is 0.265 e. The van der Waals surface area contributed by atoms with Gasteiger partial charge in [-0.2, -0.15) is 0 Å². The van der Waals surface area contributed by atoms with Crippen LogP contribution >= 0.6 is 11.3 Å². The molecule has 1 fully saturated rings. The minimum absolute atomic E-state index is 0.106. The second kappa shape index (κ2) is 5.48. The van der Waals surface area contributed by atoms with Crippen molar-refractivity contribution in [2.45, 2.75) is 53.0 Å². The van der Waals surface area contributed by atoms with Crippen molar-refractivity contribution in [1.82, 2.24) is 10.3 Å². The molecule has 1 saturated carbocycles. The average Bonchev–Trinajstić information content (AvgIpc) is 2.66. The molecule has 0 radical (unpaired) electrons. The fourth-order valence-corrected chi connectivity index (χ4v) is 4.54. The highest BCUT2D eigenvalue weighted by Crippen LogP contribution is 2.45. The summed E-state index contributed by atoms with van der Waals surface area (Å²) in [5, 5.41) is 6.74. The third kappa shape index (κ3) is 3.87. The van der Waals surface area contributed by atoms with E-state index in [0.29, 0.717) is 15.8 Å². The van der Waals surface area contributed by atoms with Crippen molar-refractivity contribution >= 4 is 28.2 Å². The van der Waals surface area contributed by atoms with Crippen LogP contribution in [0.1, 0.15) is 56.6 Å². The van der Waals surface area contributed by atoms with Crippen molar-refractivity contribution < 1.29 is 4.79 Å². The van der Waals surface area contributed by atoms with E-state index in [0.717, 1.165) is 12.8 Å². The number of aromatic nitrogens is 1. The SMILES string of the molecule is CNc1nc(N)c(C(=O)NC2CC(C)(C)CC(C)(C)C2)s1. The summed E-state index contributed by atoms with van der Waals surface area (Å²) in [4.78, 5) is 17.1. The number of nitrogens with two attached hydrogens (primary N) is 1. The molecule has 1 aromatic heterocycles. The molecule has 0 spiro atoms. The Labute approximate surface area is 130 Å². The average molecular weight is 310 g/mol. The molecule has 2 rings (SSSR count). The molecular weight excluding hydrogens is 284 g/mol. The largest absolute Gasteiger partial charge is 0.382 e. The number of nitrogen functional groups attached to an aromatic ring is 1. The van der Waals surface area contributed by atoms with E-state index < -0.39 is 0 Å². The first-order valence-corrected chi connectivity index (χ1v) is 8.18. The zero-order valence-corrected chi connectivity index (χ0v) is 14.4. The predicted molar refractivity (Wildman–Crippen MR) is 88.7 cm³/mol. The van der Waals surface area contributed by atoms with Crippen molar-refractivity contribution in [2.75, 3.05) is 18.1 Å². The zero-order chi connectivity index (χ0) is 15.8. The number of nitrogens with one attached hydrogen (secondary N) is 2. The molecule has 1 aliphatic rings. The molecule has 118 valence electrons. The van der Waals surface area contributed by atoms with Crippen molar-refractivity contribution in [3.63, 3.8) is 0 Å². The quantitative estimate of drug-likeness (QED) is 0.801. The summed E-state index contributed by atoms with van der Waals surface area (Å²) in [7, 11) is 1.77. The Hall–Kier alpha value is -1.30. The highest BCUT2D eigenvalue weighted by atomic mass is 32.1. The third-order valence-corrected chi connectivity index (χ3v) is 5.05. The monoisotopic (exact) mass is 310 g/mol. The van der Waals surface area contributed by atoms with Gasteiger partial charge in [-0.3, -0.25) is 4.79 Å². The summed E-state index contributed by atoms with van der Waals surface area (Å²) in [6, 6.07) is 0.191. The van der Waals surface area contributed by atoms with Crippen molar-refractivity contribution in [3.8, 4) is 0 Å². The Morgan fingerprint density at radius 1 is 1.29 bits per heavy atom. The van der Waals surface area contributed by atoms with Crippen LogP contribution in [-0.4, -0.2) is 24.0 Å². The fraction of sp³-hybridized carbons (Fsp3) is 0.733. The number of rotatable bonds is 3. The normalized spacial score (nSPS) is 21.0. The number of hydrogen-bond donors (Lipinski definition) is 3. The highest BCUT2D eigenvalue weighted by Gasteiger charge is 2.39. The zero-order valence-electron chi connectivity index (χ0n) is 13.5. The van der Waals surface area contributed by atoms with Gasteiger partial charge in [-0.05, 0) is 30.1 Å². The lowest BCUT2D eigenvalue weighted by Crippen LogP contribution is -2.46.